The van der Waals surface area contributed by atoms with Crippen LogP contribution in [0.1, 0.15) is 17.2 Å². The first-order chi connectivity index (χ1) is 9.54. The normalized spacial score (nSPS) is 12.6. The van der Waals surface area contributed by atoms with Crippen molar-refractivity contribution >= 4 is 5.69 Å². The van der Waals surface area contributed by atoms with Crippen molar-refractivity contribution in [2.45, 2.75) is 12.6 Å². The number of benzene rings is 2. The SMILES string of the molecule is CN(Cc1cccc(F)c1)CC(O)c1ccc(N)cc1. The van der Waals surface area contributed by atoms with E-state index in [1.165, 1.54) is 12.1 Å². The highest BCUT2D eigenvalue weighted by Gasteiger charge is 2.11. The molecular weight excluding hydrogens is 255 g/mol. The number of rotatable bonds is 5. The van der Waals surface area contributed by atoms with E-state index in [1.54, 1.807) is 18.2 Å². The fraction of sp³-hybridized carbons (Fsp3) is 0.250. The summed E-state index contributed by atoms with van der Waals surface area (Å²) in [6, 6.07) is 13.7. The van der Waals surface area contributed by atoms with Gasteiger partial charge in [0.05, 0.1) is 6.10 Å². The lowest BCUT2D eigenvalue weighted by molar-refractivity contribution is 0.124. The summed E-state index contributed by atoms with van der Waals surface area (Å²) in [7, 11) is 1.89. The summed E-state index contributed by atoms with van der Waals surface area (Å²) in [5, 5.41) is 10.2. The van der Waals surface area contributed by atoms with Crippen molar-refractivity contribution in [1.82, 2.24) is 4.90 Å². The largest absolute Gasteiger partial charge is 0.399 e. The highest BCUT2D eigenvalue weighted by molar-refractivity contribution is 5.39. The van der Waals surface area contributed by atoms with Crippen molar-refractivity contribution in [3.63, 3.8) is 0 Å². The van der Waals surface area contributed by atoms with Gasteiger partial charge >= 0.3 is 0 Å². The van der Waals surface area contributed by atoms with Crippen LogP contribution in [0.15, 0.2) is 48.5 Å². The van der Waals surface area contributed by atoms with Crippen molar-refractivity contribution in [1.29, 1.82) is 0 Å². The summed E-state index contributed by atoms with van der Waals surface area (Å²) >= 11 is 0. The third-order valence-electron chi connectivity index (χ3n) is 3.15. The van der Waals surface area contributed by atoms with E-state index in [2.05, 4.69) is 0 Å². The van der Waals surface area contributed by atoms with Crippen LogP contribution in [0.4, 0.5) is 10.1 Å². The molecule has 1 unspecified atom stereocenters. The maximum atomic E-state index is 13.1. The first kappa shape index (κ1) is 14.5. The Bertz CT molecular complexity index is 557. The van der Waals surface area contributed by atoms with Gasteiger partial charge < -0.3 is 10.8 Å². The number of likely N-dealkylation sites (N-methyl/N-ethyl adjacent to an activating group) is 1. The summed E-state index contributed by atoms with van der Waals surface area (Å²) in [4.78, 5) is 1.95. The second-order valence-corrected chi connectivity index (χ2v) is 5.01. The summed E-state index contributed by atoms with van der Waals surface area (Å²) < 4.78 is 13.1. The van der Waals surface area contributed by atoms with Gasteiger partial charge in [0, 0.05) is 18.8 Å². The molecule has 106 valence electrons. The molecule has 2 rings (SSSR count). The summed E-state index contributed by atoms with van der Waals surface area (Å²) in [5.41, 5.74) is 8.00. The molecule has 3 nitrogen and oxygen atoms in total. The van der Waals surface area contributed by atoms with Gasteiger partial charge in [-0.2, -0.15) is 0 Å². The molecule has 4 heteroatoms. The van der Waals surface area contributed by atoms with E-state index < -0.39 is 6.10 Å². The fourth-order valence-electron chi connectivity index (χ4n) is 2.13. The van der Waals surface area contributed by atoms with Crippen molar-refractivity contribution in [3.05, 3.63) is 65.5 Å². The molecule has 0 aromatic heterocycles. The van der Waals surface area contributed by atoms with Gasteiger partial charge in [-0.3, -0.25) is 4.90 Å². The monoisotopic (exact) mass is 274 g/mol. The van der Waals surface area contributed by atoms with Gasteiger partial charge in [0.15, 0.2) is 0 Å². The second kappa shape index (κ2) is 6.50. The minimum absolute atomic E-state index is 0.241. The summed E-state index contributed by atoms with van der Waals surface area (Å²) in [6.07, 6.45) is -0.589. The molecule has 0 bridgehead atoms. The van der Waals surface area contributed by atoms with Crippen LogP contribution in [0.25, 0.3) is 0 Å². The zero-order chi connectivity index (χ0) is 14.5. The smallest absolute Gasteiger partial charge is 0.123 e. The molecule has 0 saturated heterocycles. The van der Waals surface area contributed by atoms with Crippen LogP contribution in [0, 0.1) is 5.82 Å². The van der Waals surface area contributed by atoms with Crippen molar-refractivity contribution in [2.75, 3.05) is 19.3 Å². The number of nitrogens with zero attached hydrogens (tertiary/aromatic N) is 1. The molecule has 0 aliphatic rings. The Morgan fingerprint density at radius 3 is 2.55 bits per heavy atom. The Labute approximate surface area is 118 Å². The van der Waals surface area contributed by atoms with Crippen LogP contribution in [0.2, 0.25) is 0 Å². The van der Waals surface area contributed by atoms with E-state index in [9.17, 15) is 9.50 Å². The molecule has 2 aromatic carbocycles. The highest BCUT2D eigenvalue weighted by Crippen LogP contribution is 2.16. The second-order valence-electron chi connectivity index (χ2n) is 5.01. The molecule has 3 N–H and O–H groups in total. The third kappa shape index (κ3) is 4.05. The Hall–Kier alpha value is -1.91. The van der Waals surface area contributed by atoms with Crippen LogP contribution >= 0.6 is 0 Å². The summed E-state index contributed by atoms with van der Waals surface area (Å²) in [5.74, 6) is -0.241. The van der Waals surface area contributed by atoms with Crippen LogP contribution in [-0.4, -0.2) is 23.6 Å². The molecule has 0 aliphatic carbocycles. The van der Waals surface area contributed by atoms with Gasteiger partial charge in [0.2, 0.25) is 0 Å². The molecule has 0 spiro atoms. The van der Waals surface area contributed by atoms with Gasteiger partial charge in [-0.15, -0.1) is 0 Å². The van der Waals surface area contributed by atoms with E-state index in [1.807, 2.05) is 30.1 Å². The minimum atomic E-state index is -0.589. The zero-order valence-corrected chi connectivity index (χ0v) is 11.5. The van der Waals surface area contributed by atoms with Crippen molar-refractivity contribution in [2.24, 2.45) is 0 Å². The Kier molecular flexibility index (Phi) is 4.71. The van der Waals surface area contributed by atoms with Gasteiger partial charge in [0.1, 0.15) is 5.82 Å². The van der Waals surface area contributed by atoms with E-state index in [-0.39, 0.29) is 5.82 Å². The topological polar surface area (TPSA) is 49.5 Å². The molecular formula is C16H19FN2O. The number of aliphatic hydroxyl groups is 1. The third-order valence-corrected chi connectivity index (χ3v) is 3.15. The Morgan fingerprint density at radius 2 is 1.90 bits per heavy atom. The molecule has 1 atom stereocenters. The molecule has 2 aromatic rings. The molecule has 0 heterocycles. The molecule has 0 amide bonds. The number of hydrogen-bond donors (Lipinski definition) is 2. The maximum Gasteiger partial charge on any atom is 0.123 e. The maximum absolute atomic E-state index is 13.1. The molecule has 0 aliphatic heterocycles. The van der Waals surface area contributed by atoms with Crippen molar-refractivity contribution < 1.29 is 9.50 Å². The number of hydrogen-bond acceptors (Lipinski definition) is 3. The lowest BCUT2D eigenvalue weighted by atomic mass is 10.1. The van der Waals surface area contributed by atoms with Gasteiger partial charge in [-0.1, -0.05) is 24.3 Å². The Balaban J connectivity index is 1.93. The lowest BCUT2D eigenvalue weighted by Crippen LogP contribution is -2.24. The first-order valence-electron chi connectivity index (χ1n) is 6.51. The molecule has 0 saturated carbocycles. The number of halogens is 1. The average molecular weight is 274 g/mol. The van der Waals surface area contributed by atoms with E-state index in [4.69, 9.17) is 5.73 Å². The quantitative estimate of drug-likeness (QED) is 0.824. The van der Waals surface area contributed by atoms with Crippen LogP contribution in [0.5, 0.6) is 0 Å². The average Bonchev–Trinajstić information content (AvgIpc) is 2.39. The number of aliphatic hydroxyl groups excluding tert-OH is 1. The lowest BCUT2D eigenvalue weighted by Gasteiger charge is -2.21. The van der Waals surface area contributed by atoms with Gasteiger partial charge in [-0.25, -0.2) is 4.39 Å². The first-order valence-corrected chi connectivity index (χ1v) is 6.51. The molecule has 0 fully saturated rings. The molecule has 0 radical (unpaired) electrons. The van der Waals surface area contributed by atoms with Gasteiger partial charge in [-0.05, 0) is 42.4 Å². The van der Waals surface area contributed by atoms with Crippen LogP contribution in [-0.2, 0) is 6.54 Å². The number of nitrogens with two attached hydrogens (primary N) is 1. The molecule has 20 heavy (non-hydrogen) atoms. The van der Waals surface area contributed by atoms with E-state index in [0.717, 1.165) is 11.1 Å². The standard InChI is InChI=1S/C16H19FN2O/c1-19(10-12-3-2-4-14(17)9-12)11-16(20)13-5-7-15(18)8-6-13/h2-9,16,20H,10-11,18H2,1H3. The summed E-state index contributed by atoms with van der Waals surface area (Å²) in [6.45, 7) is 1.06. The fourth-order valence-corrected chi connectivity index (χ4v) is 2.13. The predicted molar refractivity (Wildman–Crippen MR) is 78.5 cm³/mol. The van der Waals surface area contributed by atoms with Crippen LogP contribution < -0.4 is 5.73 Å². The minimum Gasteiger partial charge on any atom is -0.399 e. The number of anilines is 1. The highest BCUT2D eigenvalue weighted by atomic mass is 19.1. The number of nitrogen functional groups attached to an aromatic ring is 1. The van der Waals surface area contributed by atoms with Crippen molar-refractivity contribution in [3.8, 4) is 0 Å². The predicted octanol–water partition coefficient (Wildman–Crippen LogP) is 2.57. The van der Waals surface area contributed by atoms with Gasteiger partial charge in [0.25, 0.3) is 0 Å². The van der Waals surface area contributed by atoms with Crippen LogP contribution in [0.3, 0.4) is 0 Å². The van der Waals surface area contributed by atoms with E-state index >= 15 is 0 Å². The zero-order valence-electron chi connectivity index (χ0n) is 11.5. The van der Waals surface area contributed by atoms with E-state index in [0.29, 0.717) is 18.8 Å². The Morgan fingerprint density at radius 1 is 1.20 bits per heavy atom.